The van der Waals surface area contributed by atoms with Crippen LogP contribution in [0.25, 0.3) is 0 Å². The van der Waals surface area contributed by atoms with Gasteiger partial charge in [0, 0.05) is 36.9 Å². The third-order valence-corrected chi connectivity index (χ3v) is 4.39. The highest BCUT2D eigenvalue weighted by molar-refractivity contribution is 6.30. The van der Waals surface area contributed by atoms with Gasteiger partial charge in [-0.1, -0.05) is 17.7 Å². The van der Waals surface area contributed by atoms with Crippen molar-refractivity contribution in [2.45, 2.75) is 23.9 Å². The minimum absolute atomic E-state index is 0.126. The van der Waals surface area contributed by atoms with Crippen molar-refractivity contribution < 1.29 is 44.3 Å². The summed E-state index contributed by atoms with van der Waals surface area (Å²) in [4.78, 5) is 13.4. The molecule has 28 heavy (non-hydrogen) atoms. The van der Waals surface area contributed by atoms with Crippen molar-refractivity contribution in [3.05, 3.63) is 29.3 Å². The number of anilines is 1. The third kappa shape index (κ3) is 3.70. The van der Waals surface area contributed by atoms with Crippen molar-refractivity contribution in [1.29, 1.82) is 0 Å². The average molecular weight is 443 g/mol. The molecular formula is C15H12ClF9N2O. The van der Waals surface area contributed by atoms with Gasteiger partial charge in [0.05, 0.1) is 0 Å². The van der Waals surface area contributed by atoms with Crippen LogP contribution in [0.5, 0.6) is 0 Å². The van der Waals surface area contributed by atoms with E-state index in [1.54, 1.807) is 23.1 Å². The Morgan fingerprint density at radius 3 is 1.86 bits per heavy atom. The first-order valence-corrected chi connectivity index (χ1v) is 8.01. The maximum absolute atomic E-state index is 13.7. The van der Waals surface area contributed by atoms with E-state index in [0.717, 1.165) is 0 Å². The molecule has 1 saturated heterocycles. The number of rotatable bonds is 4. The molecule has 0 atom stereocenters. The van der Waals surface area contributed by atoms with Gasteiger partial charge in [0.1, 0.15) is 0 Å². The molecule has 1 aliphatic rings. The van der Waals surface area contributed by atoms with Crippen molar-refractivity contribution in [1.82, 2.24) is 4.90 Å². The predicted octanol–water partition coefficient (Wildman–Crippen LogP) is 4.46. The highest BCUT2D eigenvalue weighted by Crippen LogP contribution is 2.53. The first-order valence-electron chi connectivity index (χ1n) is 7.63. The molecule has 2 rings (SSSR count). The van der Waals surface area contributed by atoms with Gasteiger partial charge in [-0.15, -0.1) is 0 Å². The van der Waals surface area contributed by atoms with Gasteiger partial charge in [-0.05, 0) is 18.2 Å². The maximum Gasteiger partial charge on any atom is 0.460 e. The van der Waals surface area contributed by atoms with Crippen LogP contribution in [-0.4, -0.2) is 60.9 Å². The summed E-state index contributed by atoms with van der Waals surface area (Å²) in [6.07, 6.45) is -6.97. The van der Waals surface area contributed by atoms with Crippen LogP contribution in [0.15, 0.2) is 24.3 Å². The smallest absolute Gasteiger partial charge is 0.368 e. The summed E-state index contributed by atoms with van der Waals surface area (Å²) < 4.78 is 116. The van der Waals surface area contributed by atoms with Crippen molar-refractivity contribution in [3.8, 4) is 0 Å². The minimum Gasteiger partial charge on any atom is -0.368 e. The van der Waals surface area contributed by atoms with E-state index >= 15 is 0 Å². The predicted molar refractivity (Wildman–Crippen MR) is 81.1 cm³/mol. The Kier molecular flexibility index (Phi) is 5.77. The van der Waals surface area contributed by atoms with E-state index in [1.165, 1.54) is 6.07 Å². The zero-order valence-corrected chi connectivity index (χ0v) is 14.5. The molecule has 1 amide bonds. The number of alkyl halides is 9. The van der Waals surface area contributed by atoms with Gasteiger partial charge in [-0.25, -0.2) is 0 Å². The first-order chi connectivity index (χ1) is 12.6. The average Bonchev–Trinajstić information content (AvgIpc) is 2.60. The van der Waals surface area contributed by atoms with Crippen LogP contribution >= 0.6 is 11.6 Å². The number of benzene rings is 1. The molecule has 0 radical (unpaired) electrons. The molecule has 1 heterocycles. The van der Waals surface area contributed by atoms with Crippen molar-refractivity contribution in [2.24, 2.45) is 0 Å². The van der Waals surface area contributed by atoms with Crippen LogP contribution in [0.1, 0.15) is 0 Å². The number of carbonyl (C=O) groups excluding carboxylic acids is 1. The van der Waals surface area contributed by atoms with Gasteiger partial charge < -0.3 is 9.80 Å². The lowest BCUT2D eigenvalue weighted by atomic mass is 10.0. The second-order valence-corrected chi connectivity index (χ2v) is 6.42. The Labute approximate surface area is 157 Å². The molecule has 3 nitrogen and oxygen atoms in total. The van der Waals surface area contributed by atoms with E-state index in [-0.39, 0.29) is 18.0 Å². The molecule has 158 valence electrons. The highest BCUT2D eigenvalue weighted by atomic mass is 35.5. The maximum atomic E-state index is 13.7. The molecule has 1 aromatic carbocycles. The summed E-state index contributed by atoms with van der Waals surface area (Å²) >= 11 is 5.80. The number of carbonyl (C=O) groups is 1. The Bertz CT molecular complexity index is 730. The van der Waals surface area contributed by atoms with Gasteiger partial charge in [0.25, 0.3) is 5.91 Å². The molecule has 0 N–H and O–H groups in total. The Morgan fingerprint density at radius 1 is 0.857 bits per heavy atom. The van der Waals surface area contributed by atoms with E-state index in [4.69, 9.17) is 11.6 Å². The Morgan fingerprint density at radius 2 is 1.39 bits per heavy atom. The second-order valence-electron chi connectivity index (χ2n) is 5.98. The van der Waals surface area contributed by atoms with Gasteiger partial charge in [0.15, 0.2) is 0 Å². The summed E-state index contributed by atoms with van der Waals surface area (Å²) in [5, 5.41) is 0.344. The van der Waals surface area contributed by atoms with Crippen LogP contribution in [0.2, 0.25) is 5.02 Å². The van der Waals surface area contributed by atoms with Crippen molar-refractivity contribution >= 4 is 23.2 Å². The largest absolute Gasteiger partial charge is 0.460 e. The SMILES string of the molecule is O=C(N1CCN(c2cccc(Cl)c2)CC1)C(F)(F)C(F)(F)C(F)(F)C(F)(F)F. The molecule has 0 bridgehead atoms. The molecule has 13 heteroatoms. The van der Waals surface area contributed by atoms with Crippen LogP contribution in [-0.2, 0) is 4.79 Å². The standard InChI is InChI=1S/C15H12ClF9N2O/c16-9-2-1-3-10(8-9)26-4-6-27(7-5-26)11(28)12(17,18)13(19,20)14(21,22)15(23,24)25/h1-3,8H,4-7H2. The van der Waals surface area contributed by atoms with E-state index in [0.29, 0.717) is 10.7 Å². The summed E-state index contributed by atoms with van der Waals surface area (Å²) in [5.74, 6) is -23.1. The number of hydrogen-bond donors (Lipinski definition) is 0. The normalized spacial score (nSPS) is 17.1. The van der Waals surface area contributed by atoms with Crippen LogP contribution in [0, 0.1) is 0 Å². The van der Waals surface area contributed by atoms with E-state index < -0.39 is 42.9 Å². The summed E-state index contributed by atoms with van der Waals surface area (Å²) in [7, 11) is 0. The fraction of sp³-hybridized carbons (Fsp3) is 0.533. The van der Waals surface area contributed by atoms with Gasteiger partial charge >= 0.3 is 23.9 Å². The van der Waals surface area contributed by atoms with E-state index in [9.17, 15) is 44.3 Å². The Balaban J connectivity index is 2.15. The molecule has 1 aromatic rings. The lowest BCUT2D eigenvalue weighted by Crippen LogP contribution is -2.66. The topological polar surface area (TPSA) is 23.6 Å². The quantitative estimate of drug-likeness (QED) is 0.643. The number of piperazine rings is 1. The Hall–Kier alpha value is -1.85. The van der Waals surface area contributed by atoms with Gasteiger partial charge in [-0.3, -0.25) is 4.79 Å². The van der Waals surface area contributed by atoms with Gasteiger partial charge in [0.2, 0.25) is 0 Å². The summed E-state index contributed by atoms with van der Waals surface area (Å²) in [6.45, 7) is -1.48. The first kappa shape index (κ1) is 22.4. The zero-order chi connectivity index (χ0) is 21.5. The van der Waals surface area contributed by atoms with Crippen LogP contribution in [0.3, 0.4) is 0 Å². The van der Waals surface area contributed by atoms with Crippen molar-refractivity contribution in [2.75, 3.05) is 31.1 Å². The fourth-order valence-electron chi connectivity index (χ4n) is 2.55. The molecule has 0 aromatic heterocycles. The highest BCUT2D eigenvalue weighted by Gasteiger charge is 2.84. The fourth-order valence-corrected chi connectivity index (χ4v) is 2.73. The number of halogens is 10. The monoisotopic (exact) mass is 442 g/mol. The summed E-state index contributed by atoms with van der Waals surface area (Å²) in [5.41, 5.74) is 0.528. The molecule has 0 spiro atoms. The molecule has 0 saturated carbocycles. The molecular weight excluding hydrogens is 431 g/mol. The van der Waals surface area contributed by atoms with Crippen LogP contribution < -0.4 is 4.90 Å². The lowest BCUT2D eigenvalue weighted by molar-refractivity contribution is -0.389. The number of nitrogens with zero attached hydrogens (tertiary/aromatic N) is 2. The zero-order valence-electron chi connectivity index (χ0n) is 13.7. The number of hydrogen-bond acceptors (Lipinski definition) is 2. The van der Waals surface area contributed by atoms with E-state index in [1.807, 2.05) is 0 Å². The third-order valence-electron chi connectivity index (χ3n) is 4.15. The molecule has 1 aliphatic heterocycles. The molecule has 0 aliphatic carbocycles. The lowest BCUT2D eigenvalue weighted by Gasteiger charge is -2.39. The van der Waals surface area contributed by atoms with E-state index in [2.05, 4.69) is 0 Å². The second kappa shape index (κ2) is 7.20. The molecule has 1 fully saturated rings. The van der Waals surface area contributed by atoms with Crippen molar-refractivity contribution in [3.63, 3.8) is 0 Å². The summed E-state index contributed by atoms with van der Waals surface area (Å²) in [6, 6.07) is 6.22. The number of amides is 1. The van der Waals surface area contributed by atoms with Gasteiger partial charge in [-0.2, -0.15) is 39.5 Å². The molecule has 0 unspecified atom stereocenters. The van der Waals surface area contributed by atoms with Crippen LogP contribution in [0.4, 0.5) is 45.2 Å². The minimum atomic E-state index is -7.10.